The molecule has 1 aliphatic heterocycles. The highest BCUT2D eigenvalue weighted by Crippen LogP contribution is 2.28. The Morgan fingerprint density at radius 2 is 1.72 bits per heavy atom. The molecular weight excluding hydrogens is 342 g/mol. The van der Waals surface area contributed by atoms with Gasteiger partial charge in [-0.3, -0.25) is 0 Å². The fourth-order valence-corrected chi connectivity index (χ4v) is 4.87. The van der Waals surface area contributed by atoms with Crippen LogP contribution in [0.15, 0.2) is 17.0 Å². The Kier molecular flexibility index (Phi) is 6.29. The number of ether oxygens (including phenoxy) is 1. The summed E-state index contributed by atoms with van der Waals surface area (Å²) in [6, 6.07) is 3.33. The molecule has 0 spiro atoms. The molecule has 0 bridgehead atoms. The van der Waals surface area contributed by atoms with E-state index in [1.54, 1.807) is 38.0 Å². The molecule has 2 rings (SSSR count). The van der Waals surface area contributed by atoms with E-state index in [2.05, 4.69) is 5.32 Å². The number of hydrogen-bond acceptors (Lipinski definition) is 4. The third kappa shape index (κ3) is 4.24. The summed E-state index contributed by atoms with van der Waals surface area (Å²) < 4.78 is 32.7. The Labute approximate surface area is 150 Å². The van der Waals surface area contributed by atoms with Gasteiger partial charge in [0.15, 0.2) is 0 Å². The number of urea groups is 1. The van der Waals surface area contributed by atoms with E-state index in [1.165, 1.54) is 4.31 Å². The number of amides is 2. The summed E-state index contributed by atoms with van der Waals surface area (Å²) in [6.07, 6.45) is 0.871. The second-order valence-corrected chi connectivity index (χ2v) is 8.09. The van der Waals surface area contributed by atoms with Gasteiger partial charge in [0.05, 0.1) is 12.0 Å². The molecule has 1 aromatic carbocycles. The van der Waals surface area contributed by atoms with E-state index in [9.17, 15) is 13.2 Å². The van der Waals surface area contributed by atoms with Gasteiger partial charge in [0.1, 0.15) is 5.75 Å². The summed E-state index contributed by atoms with van der Waals surface area (Å²) >= 11 is 0. The van der Waals surface area contributed by atoms with Gasteiger partial charge in [-0.05, 0) is 43.5 Å². The Balaban J connectivity index is 2.14. The van der Waals surface area contributed by atoms with Crippen molar-refractivity contribution in [1.29, 1.82) is 0 Å². The number of benzene rings is 1. The van der Waals surface area contributed by atoms with Gasteiger partial charge >= 0.3 is 6.03 Å². The van der Waals surface area contributed by atoms with Crippen molar-refractivity contribution in [2.45, 2.75) is 32.1 Å². The number of nitrogens with one attached hydrogen (secondary N) is 1. The van der Waals surface area contributed by atoms with Crippen molar-refractivity contribution in [2.24, 2.45) is 0 Å². The van der Waals surface area contributed by atoms with Crippen LogP contribution < -0.4 is 10.1 Å². The van der Waals surface area contributed by atoms with Crippen LogP contribution in [0.1, 0.15) is 24.5 Å². The van der Waals surface area contributed by atoms with Crippen LogP contribution in [0, 0.1) is 13.8 Å². The normalized spacial score (nSPS) is 15.9. The first-order chi connectivity index (χ1) is 11.8. The lowest BCUT2D eigenvalue weighted by atomic mass is 10.1. The summed E-state index contributed by atoms with van der Waals surface area (Å²) in [4.78, 5) is 14.0. The number of carbonyl (C=O) groups excluding carboxylic acids is 1. The summed E-state index contributed by atoms with van der Waals surface area (Å²) in [7, 11) is -2.03. The minimum atomic E-state index is -3.60. The number of rotatable bonds is 5. The van der Waals surface area contributed by atoms with Crippen molar-refractivity contribution < 1.29 is 17.9 Å². The molecule has 8 heteroatoms. The maximum Gasteiger partial charge on any atom is 0.317 e. The van der Waals surface area contributed by atoms with Crippen molar-refractivity contribution in [1.82, 2.24) is 14.5 Å². The number of methoxy groups -OCH3 is 1. The molecule has 0 aliphatic carbocycles. The first-order valence-corrected chi connectivity index (χ1v) is 9.93. The van der Waals surface area contributed by atoms with Crippen LogP contribution in [0.5, 0.6) is 5.75 Å². The van der Waals surface area contributed by atoms with Crippen molar-refractivity contribution in [3.8, 4) is 5.75 Å². The molecule has 0 aromatic heterocycles. The molecule has 2 amide bonds. The van der Waals surface area contributed by atoms with Gasteiger partial charge in [0, 0.05) is 32.7 Å². The van der Waals surface area contributed by atoms with E-state index in [-0.39, 0.29) is 6.03 Å². The molecule has 0 radical (unpaired) electrons. The van der Waals surface area contributed by atoms with Crippen molar-refractivity contribution in [2.75, 3.05) is 39.8 Å². The van der Waals surface area contributed by atoms with E-state index in [0.29, 0.717) is 54.5 Å². The maximum absolute atomic E-state index is 13.0. The molecule has 1 aliphatic rings. The summed E-state index contributed by atoms with van der Waals surface area (Å²) in [6.45, 7) is 7.55. The van der Waals surface area contributed by atoms with Crippen LogP contribution in [0.4, 0.5) is 4.79 Å². The highest BCUT2D eigenvalue weighted by molar-refractivity contribution is 7.89. The van der Waals surface area contributed by atoms with E-state index in [4.69, 9.17) is 4.74 Å². The average Bonchev–Trinajstić information content (AvgIpc) is 2.58. The third-order valence-corrected chi connectivity index (χ3v) is 6.52. The summed E-state index contributed by atoms with van der Waals surface area (Å²) in [5.74, 6) is 0.645. The first kappa shape index (κ1) is 19.5. The number of nitrogens with zero attached hydrogens (tertiary/aromatic N) is 2. The second kappa shape index (κ2) is 8.05. The zero-order chi connectivity index (χ0) is 18.6. The first-order valence-electron chi connectivity index (χ1n) is 8.49. The van der Waals surface area contributed by atoms with Crippen LogP contribution >= 0.6 is 0 Å². The Morgan fingerprint density at radius 3 is 2.20 bits per heavy atom. The molecule has 0 unspecified atom stereocenters. The SMILES string of the molecule is CCCNC(=O)N1CCN(S(=O)(=O)c2c(C)cc(OC)cc2C)CC1. The smallest absolute Gasteiger partial charge is 0.317 e. The van der Waals surface area contributed by atoms with Crippen LogP contribution in [0.2, 0.25) is 0 Å². The van der Waals surface area contributed by atoms with E-state index < -0.39 is 10.0 Å². The molecular formula is C17H27N3O4S. The number of sulfonamides is 1. The topological polar surface area (TPSA) is 79.0 Å². The molecule has 1 saturated heterocycles. The quantitative estimate of drug-likeness (QED) is 0.857. The molecule has 1 aromatic rings. The lowest BCUT2D eigenvalue weighted by molar-refractivity contribution is 0.172. The largest absolute Gasteiger partial charge is 0.497 e. The standard InChI is InChI=1S/C17H27N3O4S/c1-5-6-18-17(21)19-7-9-20(10-8-19)25(22,23)16-13(2)11-15(24-4)12-14(16)3/h11-12H,5-10H2,1-4H3,(H,18,21). The predicted octanol–water partition coefficient (Wildman–Crippen LogP) is 1.74. The molecule has 25 heavy (non-hydrogen) atoms. The lowest BCUT2D eigenvalue weighted by Gasteiger charge is -2.34. The molecule has 7 nitrogen and oxygen atoms in total. The van der Waals surface area contributed by atoms with Gasteiger partial charge < -0.3 is 15.0 Å². The van der Waals surface area contributed by atoms with Crippen LogP contribution in [0.25, 0.3) is 0 Å². The second-order valence-electron chi connectivity index (χ2n) is 6.21. The molecule has 1 heterocycles. The van der Waals surface area contributed by atoms with E-state index in [1.807, 2.05) is 6.92 Å². The molecule has 1 fully saturated rings. The summed E-state index contributed by atoms with van der Waals surface area (Å²) in [5.41, 5.74) is 1.33. The zero-order valence-electron chi connectivity index (χ0n) is 15.3. The van der Waals surface area contributed by atoms with Gasteiger partial charge in [0.2, 0.25) is 10.0 Å². The fraction of sp³-hybridized carbons (Fsp3) is 0.588. The van der Waals surface area contributed by atoms with Crippen molar-refractivity contribution in [3.63, 3.8) is 0 Å². The molecule has 1 N–H and O–H groups in total. The van der Waals surface area contributed by atoms with Crippen molar-refractivity contribution in [3.05, 3.63) is 23.3 Å². The number of piperazine rings is 1. The van der Waals surface area contributed by atoms with Crippen LogP contribution in [-0.2, 0) is 10.0 Å². The third-order valence-electron chi connectivity index (χ3n) is 4.32. The van der Waals surface area contributed by atoms with Gasteiger partial charge in [-0.2, -0.15) is 4.31 Å². The number of hydrogen-bond donors (Lipinski definition) is 1. The van der Waals surface area contributed by atoms with Crippen molar-refractivity contribution >= 4 is 16.1 Å². The zero-order valence-corrected chi connectivity index (χ0v) is 16.1. The average molecular weight is 369 g/mol. The van der Waals surface area contributed by atoms with E-state index in [0.717, 1.165) is 6.42 Å². The van der Waals surface area contributed by atoms with Gasteiger partial charge in [0.25, 0.3) is 0 Å². The number of carbonyl (C=O) groups is 1. The molecule has 140 valence electrons. The van der Waals surface area contributed by atoms with Crippen LogP contribution in [0.3, 0.4) is 0 Å². The van der Waals surface area contributed by atoms with Gasteiger partial charge in [-0.25, -0.2) is 13.2 Å². The Hall–Kier alpha value is -1.80. The minimum absolute atomic E-state index is 0.129. The lowest BCUT2D eigenvalue weighted by Crippen LogP contribution is -2.53. The molecule has 0 saturated carbocycles. The Morgan fingerprint density at radius 1 is 1.16 bits per heavy atom. The highest BCUT2D eigenvalue weighted by Gasteiger charge is 2.32. The van der Waals surface area contributed by atoms with Crippen LogP contribution in [-0.4, -0.2) is 63.5 Å². The Bertz CT molecular complexity index is 702. The highest BCUT2D eigenvalue weighted by atomic mass is 32.2. The fourth-order valence-electron chi connectivity index (χ4n) is 3.04. The monoisotopic (exact) mass is 369 g/mol. The maximum atomic E-state index is 13.0. The minimum Gasteiger partial charge on any atom is -0.497 e. The predicted molar refractivity (Wildman–Crippen MR) is 96.5 cm³/mol. The van der Waals surface area contributed by atoms with Gasteiger partial charge in [-0.1, -0.05) is 6.92 Å². The number of aryl methyl sites for hydroxylation is 2. The molecule has 0 atom stereocenters. The van der Waals surface area contributed by atoms with E-state index >= 15 is 0 Å². The summed E-state index contributed by atoms with van der Waals surface area (Å²) in [5, 5.41) is 2.82. The van der Waals surface area contributed by atoms with Gasteiger partial charge in [-0.15, -0.1) is 0 Å².